The number of aryl methyl sites for hydroxylation is 1. The van der Waals surface area contributed by atoms with E-state index >= 15 is 0 Å². The molecule has 1 aromatic rings. The lowest BCUT2D eigenvalue weighted by Gasteiger charge is -2.17. The van der Waals surface area contributed by atoms with Crippen molar-refractivity contribution in [1.82, 2.24) is 0 Å². The number of phenols is 1. The number of carbonyl (C=O) groups is 1. The first-order valence-corrected chi connectivity index (χ1v) is 5.33. The first-order chi connectivity index (χ1) is 7.20. The lowest BCUT2D eigenvalue weighted by molar-refractivity contribution is 0.0937. The van der Waals surface area contributed by atoms with Gasteiger partial charge in [0.1, 0.15) is 5.75 Å². The molecule has 0 heterocycles. The van der Waals surface area contributed by atoms with E-state index in [9.17, 15) is 9.90 Å². The van der Waals surface area contributed by atoms with E-state index in [0.29, 0.717) is 23.2 Å². The van der Waals surface area contributed by atoms with E-state index in [4.69, 9.17) is 5.73 Å². The predicted octanol–water partition coefficient (Wildman–Crippen LogP) is 2.90. The first-order valence-electron chi connectivity index (χ1n) is 5.33. The zero-order valence-electron chi connectivity index (χ0n) is 10.3. The Morgan fingerprint density at radius 3 is 2.44 bits per heavy atom. The molecule has 3 N–H and O–H groups in total. The van der Waals surface area contributed by atoms with Gasteiger partial charge in [0.2, 0.25) is 0 Å². The maximum Gasteiger partial charge on any atom is 0.167 e. The zero-order valence-corrected chi connectivity index (χ0v) is 10.3. The molecule has 1 rings (SSSR count). The van der Waals surface area contributed by atoms with Gasteiger partial charge >= 0.3 is 0 Å². The van der Waals surface area contributed by atoms with Gasteiger partial charge in [-0.1, -0.05) is 20.8 Å². The summed E-state index contributed by atoms with van der Waals surface area (Å²) < 4.78 is 0. The van der Waals surface area contributed by atoms with Crippen molar-refractivity contribution in [1.29, 1.82) is 0 Å². The van der Waals surface area contributed by atoms with Crippen LogP contribution in [0.1, 0.15) is 43.1 Å². The van der Waals surface area contributed by atoms with Crippen LogP contribution in [0.3, 0.4) is 0 Å². The maximum absolute atomic E-state index is 12.0. The molecule has 0 atom stereocenters. The number of nitrogen functional groups attached to an aromatic ring is 1. The number of nitrogens with two attached hydrogens (primary N) is 1. The molecule has 1 aromatic carbocycles. The van der Waals surface area contributed by atoms with Crippen LogP contribution in [0.25, 0.3) is 0 Å². The number of carbonyl (C=O) groups excluding carboxylic acids is 1. The molecule has 88 valence electrons. The van der Waals surface area contributed by atoms with Crippen molar-refractivity contribution in [2.45, 2.75) is 34.1 Å². The fraction of sp³-hybridized carbons (Fsp3) is 0.462. The molecule has 0 saturated carbocycles. The van der Waals surface area contributed by atoms with Gasteiger partial charge in [-0.25, -0.2) is 0 Å². The van der Waals surface area contributed by atoms with Gasteiger partial charge in [-0.05, 0) is 30.0 Å². The number of rotatable bonds is 2. The van der Waals surface area contributed by atoms with Crippen LogP contribution >= 0.6 is 0 Å². The molecule has 0 amide bonds. The van der Waals surface area contributed by atoms with Crippen LogP contribution in [0.15, 0.2) is 12.1 Å². The van der Waals surface area contributed by atoms with E-state index in [-0.39, 0.29) is 16.9 Å². The molecule has 0 saturated heterocycles. The van der Waals surface area contributed by atoms with E-state index in [1.807, 2.05) is 20.8 Å². The quantitative estimate of drug-likeness (QED) is 0.458. The predicted molar refractivity (Wildman–Crippen MR) is 65.7 cm³/mol. The van der Waals surface area contributed by atoms with Crippen molar-refractivity contribution in [2.75, 3.05) is 5.73 Å². The fourth-order valence-corrected chi connectivity index (χ4v) is 1.60. The van der Waals surface area contributed by atoms with Crippen LogP contribution in [-0.4, -0.2) is 10.9 Å². The molecule has 0 aliphatic heterocycles. The molecule has 0 unspecified atom stereocenters. The van der Waals surface area contributed by atoms with E-state index in [1.165, 1.54) is 6.07 Å². The second-order valence-corrected chi connectivity index (χ2v) is 5.39. The number of phenolic OH excluding ortho intramolecular Hbond substituents is 1. The smallest absolute Gasteiger partial charge is 0.167 e. The van der Waals surface area contributed by atoms with Gasteiger partial charge in [0.15, 0.2) is 5.78 Å². The number of ketones is 1. The number of anilines is 1. The van der Waals surface area contributed by atoms with Crippen molar-refractivity contribution < 1.29 is 9.90 Å². The molecule has 0 fully saturated rings. The van der Waals surface area contributed by atoms with E-state index in [1.54, 1.807) is 13.0 Å². The van der Waals surface area contributed by atoms with Crippen molar-refractivity contribution in [2.24, 2.45) is 5.41 Å². The molecule has 0 radical (unpaired) electrons. The summed E-state index contributed by atoms with van der Waals surface area (Å²) in [6.07, 6.45) is 0.392. The van der Waals surface area contributed by atoms with E-state index in [2.05, 4.69) is 0 Å². The highest BCUT2D eigenvalue weighted by atomic mass is 16.3. The third-order valence-electron chi connectivity index (χ3n) is 2.31. The SMILES string of the molecule is Cc1cc(N)cc(C(=O)CC(C)(C)C)c1O. The molecule has 0 aromatic heterocycles. The standard InChI is InChI=1S/C13H19NO2/c1-8-5-9(14)6-10(12(8)16)11(15)7-13(2,3)4/h5-6,16H,7,14H2,1-4H3. The Labute approximate surface area is 96.3 Å². The molecular formula is C13H19NO2. The maximum atomic E-state index is 12.0. The molecule has 0 bridgehead atoms. The Kier molecular flexibility index (Phi) is 3.27. The molecule has 16 heavy (non-hydrogen) atoms. The van der Waals surface area contributed by atoms with Crippen molar-refractivity contribution in [3.05, 3.63) is 23.3 Å². The highest BCUT2D eigenvalue weighted by Gasteiger charge is 2.20. The average molecular weight is 221 g/mol. The minimum Gasteiger partial charge on any atom is -0.507 e. The molecule has 3 heteroatoms. The molecular weight excluding hydrogens is 202 g/mol. The lowest BCUT2D eigenvalue weighted by Crippen LogP contribution is -2.13. The summed E-state index contributed by atoms with van der Waals surface area (Å²) in [6.45, 7) is 7.70. The van der Waals surface area contributed by atoms with Gasteiger partial charge in [-0.15, -0.1) is 0 Å². The summed E-state index contributed by atoms with van der Waals surface area (Å²) in [5.74, 6) is -0.0242. The summed E-state index contributed by atoms with van der Waals surface area (Å²) in [4.78, 5) is 12.0. The number of Topliss-reactive ketones (excluding diaryl/α,β-unsaturated/α-hetero) is 1. The second kappa shape index (κ2) is 4.16. The Hall–Kier alpha value is -1.51. The highest BCUT2D eigenvalue weighted by molar-refractivity contribution is 6.00. The molecule has 0 aliphatic carbocycles. The third kappa shape index (κ3) is 2.99. The Balaban J connectivity index is 3.09. The monoisotopic (exact) mass is 221 g/mol. The summed E-state index contributed by atoms with van der Waals surface area (Å²) >= 11 is 0. The van der Waals surface area contributed by atoms with Crippen LogP contribution in [0.5, 0.6) is 5.75 Å². The van der Waals surface area contributed by atoms with Gasteiger partial charge in [-0.3, -0.25) is 4.79 Å². The Morgan fingerprint density at radius 1 is 1.38 bits per heavy atom. The second-order valence-electron chi connectivity index (χ2n) is 5.39. The Morgan fingerprint density at radius 2 is 1.94 bits per heavy atom. The number of hydrogen-bond donors (Lipinski definition) is 2. The number of benzene rings is 1. The summed E-state index contributed by atoms with van der Waals surface area (Å²) in [5, 5.41) is 9.81. The van der Waals surface area contributed by atoms with Crippen molar-refractivity contribution >= 4 is 11.5 Å². The summed E-state index contributed by atoms with van der Waals surface area (Å²) in [5.41, 5.74) is 7.04. The summed E-state index contributed by atoms with van der Waals surface area (Å²) in [6, 6.07) is 3.19. The number of aromatic hydroxyl groups is 1. The van der Waals surface area contributed by atoms with Crippen LogP contribution < -0.4 is 5.73 Å². The fourth-order valence-electron chi connectivity index (χ4n) is 1.60. The summed E-state index contributed by atoms with van der Waals surface area (Å²) in [7, 11) is 0. The molecule has 3 nitrogen and oxygen atoms in total. The minimum atomic E-state index is -0.0952. The van der Waals surface area contributed by atoms with E-state index < -0.39 is 0 Å². The van der Waals surface area contributed by atoms with Crippen LogP contribution in [0.2, 0.25) is 0 Å². The van der Waals surface area contributed by atoms with Gasteiger partial charge in [0, 0.05) is 12.1 Å². The van der Waals surface area contributed by atoms with E-state index in [0.717, 1.165) is 0 Å². The lowest BCUT2D eigenvalue weighted by atomic mass is 9.87. The first kappa shape index (κ1) is 12.6. The van der Waals surface area contributed by atoms with Crippen molar-refractivity contribution in [3.63, 3.8) is 0 Å². The van der Waals surface area contributed by atoms with Crippen LogP contribution in [0, 0.1) is 12.3 Å². The molecule has 0 aliphatic rings. The zero-order chi connectivity index (χ0) is 12.5. The van der Waals surface area contributed by atoms with Gasteiger partial charge in [-0.2, -0.15) is 0 Å². The van der Waals surface area contributed by atoms with Crippen LogP contribution in [0.4, 0.5) is 5.69 Å². The van der Waals surface area contributed by atoms with Crippen molar-refractivity contribution in [3.8, 4) is 5.75 Å². The average Bonchev–Trinajstić information content (AvgIpc) is 2.08. The normalized spacial score (nSPS) is 11.5. The topological polar surface area (TPSA) is 63.3 Å². The Bertz CT molecular complexity index is 417. The van der Waals surface area contributed by atoms with Crippen LogP contribution in [-0.2, 0) is 0 Å². The largest absolute Gasteiger partial charge is 0.507 e. The van der Waals surface area contributed by atoms with Gasteiger partial charge in [0.05, 0.1) is 5.56 Å². The third-order valence-corrected chi connectivity index (χ3v) is 2.31. The van der Waals surface area contributed by atoms with Gasteiger partial charge in [0.25, 0.3) is 0 Å². The minimum absolute atomic E-state index is 0.0449. The van der Waals surface area contributed by atoms with Gasteiger partial charge < -0.3 is 10.8 Å². The molecule has 0 spiro atoms. The number of hydrogen-bond acceptors (Lipinski definition) is 3. The highest BCUT2D eigenvalue weighted by Crippen LogP contribution is 2.29.